The molecule has 4 aromatic rings. The number of hydrogen-bond donors (Lipinski definition) is 3. The Morgan fingerprint density at radius 1 is 0.883 bits per heavy atom. The summed E-state index contributed by atoms with van der Waals surface area (Å²) in [6, 6.07) is 19.4. The lowest BCUT2D eigenvalue weighted by Gasteiger charge is -2.25. The second-order valence-electron chi connectivity index (χ2n) is 20.8. The van der Waals surface area contributed by atoms with Crippen molar-refractivity contribution in [2.24, 2.45) is 11.1 Å². The van der Waals surface area contributed by atoms with Gasteiger partial charge in [-0.15, -0.1) is 30.9 Å². The van der Waals surface area contributed by atoms with Gasteiger partial charge >= 0.3 is 0 Å². The number of allylic oxidation sites excluding steroid dienone is 4. The molecule has 0 amide bonds. The number of unbranched alkanes of at least 4 members (excludes halogenated alkanes) is 2. The van der Waals surface area contributed by atoms with E-state index in [1.54, 1.807) is 11.3 Å². The fourth-order valence-electron chi connectivity index (χ4n) is 8.13. The third-order valence-electron chi connectivity index (χ3n) is 13.5. The first kappa shape index (κ1) is 71.5. The van der Waals surface area contributed by atoms with Crippen LogP contribution in [0.15, 0.2) is 103 Å². The highest BCUT2D eigenvalue weighted by molar-refractivity contribution is 7.13. The third kappa shape index (κ3) is 29.2. The molecule has 0 saturated carbocycles. The van der Waals surface area contributed by atoms with Gasteiger partial charge < -0.3 is 26.0 Å². The minimum Gasteiger partial charge on any atom is -0.498 e. The van der Waals surface area contributed by atoms with Gasteiger partial charge in [-0.3, -0.25) is 0 Å². The van der Waals surface area contributed by atoms with Crippen LogP contribution in [-0.4, -0.2) is 55.8 Å². The van der Waals surface area contributed by atoms with Gasteiger partial charge in [0.05, 0.1) is 29.3 Å². The Balaban J connectivity index is 0.00000108. The van der Waals surface area contributed by atoms with E-state index < -0.39 is 0 Å². The molecule has 1 saturated heterocycles. The first-order valence-corrected chi connectivity index (χ1v) is 29.8. The molecule has 426 valence electrons. The fourth-order valence-corrected chi connectivity index (χ4v) is 9.04. The van der Waals surface area contributed by atoms with Crippen LogP contribution < -0.4 is 21.3 Å². The molecule has 0 bridgehead atoms. The summed E-state index contributed by atoms with van der Waals surface area (Å²) in [5.74, 6) is 4.67. The Labute approximate surface area is 476 Å². The quantitative estimate of drug-likeness (QED) is 0.0260. The average molecular weight is 1070 g/mol. The number of hydrogen-bond acceptors (Lipinski definition) is 9. The van der Waals surface area contributed by atoms with Gasteiger partial charge in [-0.25, -0.2) is 9.97 Å². The van der Waals surface area contributed by atoms with E-state index >= 15 is 0 Å². The Morgan fingerprint density at radius 2 is 1.52 bits per heavy atom. The number of pyridine rings is 1. The van der Waals surface area contributed by atoms with Crippen LogP contribution in [0.5, 0.6) is 0 Å². The number of anilines is 1. The zero-order valence-electron chi connectivity index (χ0n) is 51.4. The molecule has 9 heteroatoms. The van der Waals surface area contributed by atoms with Gasteiger partial charge in [-0.2, -0.15) is 5.26 Å². The van der Waals surface area contributed by atoms with E-state index in [1.165, 1.54) is 53.6 Å². The molecule has 1 fully saturated rings. The highest BCUT2D eigenvalue weighted by atomic mass is 32.1. The number of rotatable bonds is 25. The van der Waals surface area contributed by atoms with E-state index in [0.29, 0.717) is 16.5 Å². The Bertz CT molecular complexity index is 2350. The minimum atomic E-state index is 0.266. The second kappa shape index (κ2) is 41.6. The second-order valence-corrected chi connectivity index (χ2v) is 21.7. The summed E-state index contributed by atoms with van der Waals surface area (Å²) in [7, 11) is 3.99. The Kier molecular flexibility index (Phi) is 38.7. The monoisotopic (exact) mass is 1070 g/mol. The van der Waals surface area contributed by atoms with Crippen LogP contribution in [0.1, 0.15) is 200 Å². The highest BCUT2D eigenvalue weighted by Gasteiger charge is 2.24. The van der Waals surface area contributed by atoms with Crippen molar-refractivity contribution in [3.63, 3.8) is 0 Å². The minimum absolute atomic E-state index is 0.266. The van der Waals surface area contributed by atoms with Crippen molar-refractivity contribution in [2.45, 2.75) is 198 Å². The maximum atomic E-state index is 10.0. The molecule has 2 aromatic heterocycles. The van der Waals surface area contributed by atoms with Crippen LogP contribution >= 0.6 is 11.3 Å². The van der Waals surface area contributed by atoms with E-state index in [1.807, 2.05) is 40.9 Å². The maximum Gasteiger partial charge on any atom is 0.147 e. The molecular weight excluding hydrogens is 963 g/mol. The van der Waals surface area contributed by atoms with Crippen molar-refractivity contribution in [2.75, 3.05) is 45.2 Å². The Hall–Kier alpha value is -5.45. The first-order valence-electron chi connectivity index (χ1n) is 29.0. The van der Waals surface area contributed by atoms with Gasteiger partial charge in [0.15, 0.2) is 0 Å². The van der Waals surface area contributed by atoms with E-state index in [9.17, 15) is 5.26 Å². The number of nitrogens with zero attached hydrogens (tertiary/aromatic N) is 4. The summed E-state index contributed by atoms with van der Waals surface area (Å²) in [5, 5.41) is 19.7. The molecule has 1 atom stereocenters. The lowest BCUT2D eigenvalue weighted by atomic mass is 9.86. The molecule has 0 spiro atoms. The van der Waals surface area contributed by atoms with Crippen molar-refractivity contribution in [3.05, 3.63) is 136 Å². The van der Waals surface area contributed by atoms with Gasteiger partial charge in [-0.05, 0) is 154 Å². The number of nitrogens with two attached hydrogens (primary N) is 1. The van der Waals surface area contributed by atoms with Gasteiger partial charge in [0.2, 0.25) is 0 Å². The molecule has 0 radical (unpaired) electrons. The summed E-state index contributed by atoms with van der Waals surface area (Å²) < 4.78 is 5.96. The molecule has 1 aliphatic rings. The normalized spacial score (nSPS) is 12.4. The van der Waals surface area contributed by atoms with Crippen LogP contribution in [0, 0.1) is 42.9 Å². The number of aromatic nitrogens is 2. The van der Waals surface area contributed by atoms with E-state index in [2.05, 4.69) is 181 Å². The lowest BCUT2D eigenvalue weighted by molar-refractivity contribution is 0.197. The summed E-state index contributed by atoms with van der Waals surface area (Å²) in [6.07, 6.45) is 27.7. The van der Waals surface area contributed by atoms with Crippen LogP contribution in [-0.2, 0) is 17.6 Å². The topological polar surface area (TPSA) is 112 Å². The molecule has 1 unspecified atom stereocenters. The van der Waals surface area contributed by atoms with Crippen molar-refractivity contribution in [3.8, 4) is 40.1 Å². The van der Waals surface area contributed by atoms with Crippen LogP contribution in [0.4, 0.5) is 5.82 Å². The number of ether oxygens (including phenoxy) is 1. The Morgan fingerprint density at radius 3 is 1.97 bits per heavy atom. The summed E-state index contributed by atoms with van der Waals surface area (Å²) in [4.78, 5) is 11.5. The third-order valence-corrected chi connectivity index (χ3v) is 14.4. The van der Waals surface area contributed by atoms with Crippen molar-refractivity contribution < 1.29 is 4.74 Å². The van der Waals surface area contributed by atoms with Crippen molar-refractivity contribution >= 4 is 17.2 Å². The molecular formula is C68H107N7OS. The first-order chi connectivity index (χ1) is 36.8. The largest absolute Gasteiger partial charge is 0.498 e. The molecule has 4 N–H and O–H groups in total. The van der Waals surface area contributed by atoms with Crippen molar-refractivity contribution in [1.29, 1.82) is 5.26 Å². The van der Waals surface area contributed by atoms with Crippen molar-refractivity contribution in [1.82, 2.24) is 20.6 Å². The molecule has 1 aliphatic heterocycles. The maximum absolute atomic E-state index is 10.0. The average Bonchev–Trinajstić information content (AvgIpc) is 4.15. The van der Waals surface area contributed by atoms with Gasteiger partial charge in [0.25, 0.3) is 0 Å². The van der Waals surface area contributed by atoms with Crippen LogP contribution in [0.25, 0.3) is 21.7 Å². The molecule has 77 heavy (non-hydrogen) atoms. The van der Waals surface area contributed by atoms with Crippen LogP contribution in [0.3, 0.4) is 0 Å². The zero-order valence-corrected chi connectivity index (χ0v) is 52.2. The zero-order chi connectivity index (χ0) is 58.2. The molecule has 2 aromatic carbocycles. The van der Waals surface area contributed by atoms with Crippen LogP contribution in [0.2, 0.25) is 0 Å². The number of terminal acetylenes is 1. The predicted octanol–water partition coefficient (Wildman–Crippen LogP) is 17.8. The number of nitrogens with one attached hydrogen (secondary N) is 2. The van der Waals surface area contributed by atoms with E-state index in [-0.39, 0.29) is 5.54 Å². The lowest BCUT2D eigenvalue weighted by Crippen LogP contribution is -2.38. The number of thiazole rings is 1. The SMILES string of the molecule is C#Cc1c(C)nc(N2CCCC2)c(C#N)c1-c1ccc(CCCO/C(=C\CC)CCC)cc1.C=C(C)CCCCCNC.C=C(N)CC(C)(C)CC.C=CCC(C)(CC)NC.CC.CCc1csc(-c2ccc(C)cc2)n1. The molecule has 3 heterocycles. The predicted molar refractivity (Wildman–Crippen MR) is 341 cm³/mol. The van der Waals surface area contributed by atoms with E-state index in [4.69, 9.17) is 21.9 Å². The number of nitriles is 1. The number of aryl methyl sites for hydroxylation is 4. The fraction of sp³-hybridized carbons (Fsp3) is 0.544. The number of benzene rings is 2. The van der Waals surface area contributed by atoms with Gasteiger partial charge in [0.1, 0.15) is 22.5 Å². The summed E-state index contributed by atoms with van der Waals surface area (Å²) >= 11 is 1.72. The summed E-state index contributed by atoms with van der Waals surface area (Å²) in [6.45, 7) is 42.5. The standard InChI is InChI=1S/C29H35N3O.C12H13NS.C9H19N.2C8H17N.C2H6/c1-5-11-25(12-6-2)33-20-10-13-23-14-16-24(17-15-23)28-26(7-3)22(4)31-29(27(28)21-30)32-18-8-9-19-32;1-3-11-8-14-12(13-11)10-6-4-9(2)5-7-10;1-9(2)7-5-4-6-8-10-3;1-5-8(3,4)6-7(2)9;1-5-7-8(3,6-2)9-4;1-2/h3,11,14-17H,5-6,8-10,12-13,18-20H2,1-2,4H3;4-8H,3H2,1-2H3;10H,1,4-8H2,2-3H3;2,5-6,9H2,1,3-4H3;5,9H,1,6-7H2,2-4H3;1-2H3/b25-11-;;;;;. The molecule has 0 aliphatic carbocycles. The van der Waals surface area contributed by atoms with E-state index in [0.717, 1.165) is 142 Å². The smallest absolute Gasteiger partial charge is 0.147 e. The molecule has 5 rings (SSSR count). The summed E-state index contributed by atoms with van der Waals surface area (Å²) in [5.41, 5.74) is 17.0. The highest BCUT2D eigenvalue weighted by Crippen LogP contribution is 2.36. The van der Waals surface area contributed by atoms with Gasteiger partial charge in [-0.1, -0.05) is 153 Å². The molecule has 8 nitrogen and oxygen atoms in total. The van der Waals surface area contributed by atoms with Gasteiger partial charge in [0, 0.05) is 47.3 Å².